The van der Waals surface area contributed by atoms with Gasteiger partial charge in [0, 0.05) is 56.8 Å². The van der Waals surface area contributed by atoms with E-state index in [0.717, 1.165) is 27.6 Å². The van der Waals surface area contributed by atoms with Gasteiger partial charge in [-0.05, 0) is 40.5 Å². The van der Waals surface area contributed by atoms with E-state index in [2.05, 4.69) is 32.5 Å². The lowest BCUT2D eigenvalue weighted by atomic mass is 9.98. The number of nitrogens with zero attached hydrogens (tertiary/aromatic N) is 4. The summed E-state index contributed by atoms with van der Waals surface area (Å²) in [7, 11) is -1.38. The highest BCUT2D eigenvalue weighted by Crippen LogP contribution is 2.44. The third-order valence-corrected chi connectivity index (χ3v) is 13.6. The van der Waals surface area contributed by atoms with E-state index in [9.17, 15) is 54.1 Å². The Balaban J connectivity index is 0.746. The average molecular weight is 1230 g/mol. The number of ether oxygens (including phenoxy) is 10. The molecule has 23 nitrogen and oxygen atoms in total. The van der Waals surface area contributed by atoms with E-state index in [4.69, 9.17) is 42.6 Å². The van der Waals surface area contributed by atoms with Crippen LogP contribution in [0.3, 0.4) is 0 Å². The van der Waals surface area contributed by atoms with E-state index in [1.807, 2.05) is 48.5 Å². The molecule has 0 spiro atoms. The number of carbonyl (C=O) groups is 4. The van der Waals surface area contributed by atoms with Gasteiger partial charge in [0.25, 0.3) is 10.1 Å². The summed E-state index contributed by atoms with van der Waals surface area (Å²) in [5, 5.41) is 8.75. The van der Waals surface area contributed by atoms with Gasteiger partial charge in [0.05, 0.1) is 119 Å². The second kappa shape index (κ2) is 35.0. The number of hydrazine groups is 1. The lowest BCUT2D eigenvalue weighted by molar-refractivity contribution is -0.136. The van der Waals surface area contributed by atoms with E-state index in [1.54, 1.807) is 35.9 Å². The normalized spacial score (nSPS) is 12.6. The molecular formula is C56H69F5N6O17S. The van der Waals surface area contributed by atoms with Crippen molar-refractivity contribution in [3.8, 4) is 16.9 Å². The predicted molar refractivity (Wildman–Crippen MR) is 293 cm³/mol. The highest BCUT2D eigenvalue weighted by molar-refractivity contribution is 7.85. The van der Waals surface area contributed by atoms with Crippen LogP contribution in [0.1, 0.15) is 35.6 Å². The van der Waals surface area contributed by atoms with Crippen molar-refractivity contribution in [1.82, 2.24) is 30.2 Å². The lowest BCUT2D eigenvalue weighted by Crippen LogP contribution is -2.51. The smallest absolute Gasteiger partial charge is 0.424 e. The van der Waals surface area contributed by atoms with Crippen LogP contribution in [0.15, 0.2) is 72.9 Å². The maximum absolute atomic E-state index is 13.6. The minimum Gasteiger partial charge on any atom is -0.447 e. The number of esters is 1. The van der Waals surface area contributed by atoms with Gasteiger partial charge in [0.15, 0.2) is 0 Å². The van der Waals surface area contributed by atoms with Gasteiger partial charge in [-0.3, -0.25) is 18.9 Å². The van der Waals surface area contributed by atoms with Crippen molar-refractivity contribution in [2.45, 2.75) is 37.9 Å². The fourth-order valence-electron chi connectivity index (χ4n) is 8.57. The fourth-order valence-corrected chi connectivity index (χ4v) is 9.22. The number of halogens is 5. The van der Waals surface area contributed by atoms with E-state index in [1.165, 1.54) is 5.01 Å². The summed E-state index contributed by atoms with van der Waals surface area (Å²) in [5.41, 5.74) is 5.66. The van der Waals surface area contributed by atoms with Crippen LogP contribution in [0, 0.1) is 29.1 Å². The van der Waals surface area contributed by atoms with Crippen molar-refractivity contribution in [2.75, 3.05) is 139 Å². The maximum atomic E-state index is 13.6. The second-order valence-corrected chi connectivity index (χ2v) is 20.3. The van der Waals surface area contributed by atoms with Crippen LogP contribution in [-0.4, -0.2) is 201 Å². The molecule has 29 heteroatoms. The Hall–Kier alpha value is -6.77. The maximum Gasteiger partial charge on any atom is 0.424 e. The molecule has 3 N–H and O–H groups in total. The van der Waals surface area contributed by atoms with Gasteiger partial charge >= 0.3 is 12.1 Å². The van der Waals surface area contributed by atoms with E-state index >= 15 is 0 Å². The Bertz CT molecular complexity index is 3020. The molecule has 1 aliphatic rings. The van der Waals surface area contributed by atoms with Crippen LogP contribution < -0.4 is 15.4 Å². The molecule has 0 aliphatic heterocycles. The van der Waals surface area contributed by atoms with Crippen molar-refractivity contribution in [1.29, 1.82) is 0 Å². The largest absolute Gasteiger partial charge is 0.447 e. The SMILES string of the molecule is CN(Cc1cc2cccnc2n1CCC(=O)N[C@@H](CS(=O)(=O)O)C(=O)NCCOCCOCCOCCOCCOCCOCCOCCOCCC(=O)Oc1c(F)c(F)c(F)c(F)c1F)N(C)C(=O)OCC1c2ccccc2-c2ccccc21. The van der Waals surface area contributed by atoms with Crippen molar-refractivity contribution >= 4 is 45.0 Å². The first kappa shape index (κ1) is 67.4. The predicted octanol–water partition coefficient (Wildman–Crippen LogP) is 4.97. The van der Waals surface area contributed by atoms with Crippen molar-refractivity contribution in [3.63, 3.8) is 0 Å². The molecule has 0 fully saturated rings. The Labute approximate surface area is 487 Å². The first-order chi connectivity index (χ1) is 40.9. The molecule has 0 unspecified atom stereocenters. The highest BCUT2D eigenvalue weighted by atomic mass is 32.2. The minimum atomic E-state index is -4.70. The molecule has 0 saturated heterocycles. The van der Waals surface area contributed by atoms with Crippen LogP contribution in [0.5, 0.6) is 5.75 Å². The van der Waals surface area contributed by atoms with Gasteiger partial charge < -0.3 is 62.6 Å². The molecule has 85 heavy (non-hydrogen) atoms. The third-order valence-electron chi connectivity index (χ3n) is 12.8. The van der Waals surface area contributed by atoms with Crippen LogP contribution in [0.25, 0.3) is 22.2 Å². The number of benzene rings is 3. The molecule has 3 aromatic carbocycles. The summed E-state index contributed by atoms with van der Waals surface area (Å²) >= 11 is 0. The molecule has 2 aromatic heterocycles. The van der Waals surface area contributed by atoms with Gasteiger partial charge in [-0.2, -0.15) is 17.2 Å². The lowest BCUT2D eigenvalue weighted by Gasteiger charge is -2.28. The number of carbonyl (C=O) groups excluding carboxylic acids is 4. The highest BCUT2D eigenvalue weighted by Gasteiger charge is 2.32. The Kier molecular flexibility index (Phi) is 27.7. The number of fused-ring (bicyclic) bond motifs is 4. The molecule has 1 aliphatic carbocycles. The van der Waals surface area contributed by atoms with Crippen molar-refractivity contribution in [2.24, 2.45) is 0 Å². The Morgan fingerprint density at radius 3 is 1.65 bits per heavy atom. The van der Waals surface area contributed by atoms with Crippen molar-refractivity contribution < 1.29 is 101 Å². The summed E-state index contributed by atoms with van der Waals surface area (Å²) in [5.74, 6) is -17.0. The monoisotopic (exact) mass is 1220 g/mol. The van der Waals surface area contributed by atoms with Gasteiger partial charge in [-0.1, -0.05) is 48.5 Å². The summed E-state index contributed by atoms with van der Waals surface area (Å²) in [6, 6.07) is 20.0. The summed E-state index contributed by atoms with van der Waals surface area (Å²) in [6.45, 7) is 3.66. The zero-order chi connectivity index (χ0) is 61.1. The molecule has 466 valence electrons. The molecule has 1 atom stereocenters. The van der Waals surface area contributed by atoms with Crippen LogP contribution in [0.4, 0.5) is 26.7 Å². The van der Waals surface area contributed by atoms with Gasteiger partial charge in [-0.25, -0.2) is 33.0 Å². The van der Waals surface area contributed by atoms with E-state index in [-0.39, 0.29) is 98.0 Å². The molecule has 3 amide bonds. The Morgan fingerprint density at radius 2 is 1.13 bits per heavy atom. The van der Waals surface area contributed by atoms with Gasteiger partial charge in [0.2, 0.25) is 46.6 Å². The molecule has 0 radical (unpaired) electrons. The number of aryl methyl sites for hydroxylation is 1. The summed E-state index contributed by atoms with van der Waals surface area (Å²) < 4.78 is 155. The molecule has 2 heterocycles. The number of nitrogens with one attached hydrogen (secondary N) is 2. The third kappa shape index (κ3) is 21.3. The molecule has 5 aromatic rings. The van der Waals surface area contributed by atoms with Crippen LogP contribution in [0.2, 0.25) is 0 Å². The summed E-state index contributed by atoms with van der Waals surface area (Å²) in [4.78, 5) is 56.0. The zero-order valence-electron chi connectivity index (χ0n) is 46.9. The topological polar surface area (TPSA) is 263 Å². The van der Waals surface area contributed by atoms with Crippen LogP contribution in [-0.2, 0) is 80.2 Å². The second-order valence-electron chi connectivity index (χ2n) is 18.8. The Morgan fingerprint density at radius 1 is 0.647 bits per heavy atom. The number of hydrogen-bond acceptors (Lipinski definition) is 18. The first-order valence-electron chi connectivity index (χ1n) is 27.0. The molecule has 6 rings (SSSR count). The quantitative estimate of drug-likeness (QED) is 0.00683. The minimum absolute atomic E-state index is 0.0361. The molecule has 0 saturated carbocycles. The number of hydrogen-bond donors (Lipinski definition) is 3. The number of aromatic nitrogens is 2. The first-order valence-corrected chi connectivity index (χ1v) is 28.6. The van der Waals surface area contributed by atoms with E-state index in [0.29, 0.717) is 57.6 Å². The zero-order valence-corrected chi connectivity index (χ0v) is 47.7. The van der Waals surface area contributed by atoms with Crippen molar-refractivity contribution in [3.05, 3.63) is 119 Å². The molecule has 0 bridgehead atoms. The molecular weight excluding hydrogens is 1160 g/mol. The fraction of sp³-hybridized carbons (Fsp3) is 0.482. The number of amides is 3. The van der Waals surface area contributed by atoms with Crippen LogP contribution >= 0.6 is 0 Å². The van der Waals surface area contributed by atoms with Gasteiger partial charge in [-0.15, -0.1) is 0 Å². The number of pyridine rings is 1. The standard InChI is InChI=1S/C56H69F5N6O17S/c1-65(66(2)56(71)83-36-44-42-11-5-3-9-40(42)41-10-4-6-12-43(41)44)35-39-34-38-8-7-15-62-54(38)67(39)17-13-46(68)64-45(37-85(72,73)74)55(70)63-16-19-76-21-23-78-25-27-80-29-31-82-33-32-81-30-28-79-26-24-77-22-20-75-18-14-47(69)84-53-51(60)49(58)48(57)50(59)52(53)61/h3-12,15,34,44-45H,13-14,16-33,35-37H2,1-2H3,(H,63,70)(H,64,68)(H,72,73,74)/t45-/m0/s1. The van der Waals surface area contributed by atoms with E-state index < -0.39 is 87.0 Å². The van der Waals surface area contributed by atoms with Gasteiger partial charge in [0.1, 0.15) is 24.0 Å². The number of rotatable bonds is 40. The average Bonchev–Trinajstić information content (AvgIpc) is 2.47. The summed E-state index contributed by atoms with van der Waals surface area (Å²) in [6.07, 6.45) is 0.322.